The van der Waals surface area contributed by atoms with Crippen molar-refractivity contribution >= 4 is 0 Å². The smallest absolute Gasteiger partial charge is 0.0607 e. The molecule has 1 aliphatic rings. The maximum atomic E-state index is 5.73. The lowest BCUT2D eigenvalue weighted by Gasteiger charge is -2.29. The molecule has 0 saturated heterocycles. The minimum absolute atomic E-state index is 0.336. The number of fused-ring (bicyclic) bond motifs is 1. The van der Waals surface area contributed by atoms with Gasteiger partial charge < -0.3 is 5.73 Å². The Morgan fingerprint density at radius 1 is 0.885 bits per heavy atom. The molecule has 26 heavy (non-hydrogen) atoms. The second kappa shape index (κ2) is 7.77. The minimum Gasteiger partial charge on any atom is -0.326 e. The van der Waals surface area contributed by atoms with Crippen LogP contribution in [0.2, 0.25) is 0 Å². The fourth-order valence-corrected chi connectivity index (χ4v) is 3.74. The van der Waals surface area contributed by atoms with E-state index < -0.39 is 0 Å². The Labute approximate surface area is 154 Å². The average Bonchev–Trinajstić information content (AvgIpc) is 3.13. The molecule has 0 aliphatic heterocycles. The highest BCUT2D eigenvalue weighted by molar-refractivity contribution is 5.29. The predicted molar refractivity (Wildman–Crippen MR) is 103 cm³/mol. The van der Waals surface area contributed by atoms with Crippen molar-refractivity contribution in [2.45, 2.75) is 38.5 Å². The summed E-state index contributed by atoms with van der Waals surface area (Å²) in [4.78, 5) is 11.7. The summed E-state index contributed by atoms with van der Waals surface area (Å²) in [6, 6.07) is 19.3. The van der Waals surface area contributed by atoms with Crippen LogP contribution in [0.3, 0.4) is 0 Å². The minimum atomic E-state index is 0.336. The van der Waals surface area contributed by atoms with Crippen molar-refractivity contribution in [1.29, 1.82) is 0 Å². The first-order valence-corrected chi connectivity index (χ1v) is 9.19. The molecule has 1 aromatic carbocycles. The van der Waals surface area contributed by atoms with Crippen molar-refractivity contribution in [3.8, 4) is 0 Å². The Kier molecular flexibility index (Phi) is 5.04. The Balaban J connectivity index is 1.61. The number of hydrogen-bond donors (Lipinski definition) is 1. The zero-order valence-electron chi connectivity index (χ0n) is 14.9. The number of nitrogens with two attached hydrogens (primary N) is 1. The molecular weight excluding hydrogens is 320 g/mol. The number of nitrogens with zero attached hydrogens (tertiary/aromatic N) is 3. The molecule has 0 spiro atoms. The van der Waals surface area contributed by atoms with Crippen molar-refractivity contribution in [3.63, 3.8) is 0 Å². The fourth-order valence-electron chi connectivity index (χ4n) is 3.74. The summed E-state index contributed by atoms with van der Waals surface area (Å²) in [5.41, 5.74) is 11.9. The Morgan fingerprint density at radius 3 is 2.46 bits per heavy atom. The third-order valence-electron chi connectivity index (χ3n) is 5.11. The maximum absolute atomic E-state index is 5.73. The zero-order chi connectivity index (χ0) is 17.8. The largest absolute Gasteiger partial charge is 0.326 e. The van der Waals surface area contributed by atoms with Crippen molar-refractivity contribution in [3.05, 3.63) is 95.1 Å². The summed E-state index contributed by atoms with van der Waals surface area (Å²) in [6.07, 6.45) is 5.98. The van der Waals surface area contributed by atoms with Crippen LogP contribution in [0, 0.1) is 0 Å². The Hall–Kier alpha value is -2.56. The zero-order valence-corrected chi connectivity index (χ0v) is 14.9. The molecule has 2 aromatic heterocycles. The van der Waals surface area contributed by atoms with Gasteiger partial charge in [-0.3, -0.25) is 14.9 Å². The molecule has 0 saturated carbocycles. The van der Waals surface area contributed by atoms with Gasteiger partial charge in [-0.05, 0) is 47.7 Å². The molecule has 132 valence electrons. The van der Waals surface area contributed by atoms with Crippen molar-refractivity contribution in [2.24, 2.45) is 5.73 Å². The number of pyridine rings is 2. The standard InChI is InChI=1S/C22H24N4/c23-14-17-6-8-18(9-7-17)15-26(16-20-5-1-2-12-24-20)21-11-10-19-4-3-13-25-22(19)21/h1-9,12-13,21H,10-11,14-16,23H2. The van der Waals surface area contributed by atoms with Crippen LogP contribution in [-0.4, -0.2) is 14.9 Å². The summed E-state index contributed by atoms with van der Waals surface area (Å²) in [6.45, 7) is 2.28. The van der Waals surface area contributed by atoms with E-state index in [0.717, 1.165) is 37.2 Å². The molecule has 0 amide bonds. The second-order valence-electron chi connectivity index (χ2n) is 6.85. The highest BCUT2D eigenvalue weighted by Crippen LogP contribution is 2.35. The molecule has 0 radical (unpaired) electrons. The number of aryl methyl sites for hydroxylation is 1. The van der Waals surface area contributed by atoms with E-state index >= 15 is 0 Å². The van der Waals surface area contributed by atoms with E-state index in [1.54, 1.807) is 0 Å². The van der Waals surface area contributed by atoms with Crippen molar-refractivity contribution in [2.75, 3.05) is 0 Å². The van der Waals surface area contributed by atoms with Gasteiger partial charge in [0.2, 0.25) is 0 Å². The van der Waals surface area contributed by atoms with Crippen LogP contribution in [0.15, 0.2) is 67.0 Å². The highest BCUT2D eigenvalue weighted by Gasteiger charge is 2.29. The molecule has 0 fully saturated rings. The number of aromatic nitrogens is 2. The lowest BCUT2D eigenvalue weighted by Crippen LogP contribution is -2.27. The van der Waals surface area contributed by atoms with Gasteiger partial charge in [0.25, 0.3) is 0 Å². The van der Waals surface area contributed by atoms with Gasteiger partial charge in [0.05, 0.1) is 17.4 Å². The lowest BCUT2D eigenvalue weighted by atomic mass is 10.1. The molecule has 2 N–H and O–H groups in total. The van der Waals surface area contributed by atoms with Crippen LogP contribution < -0.4 is 5.73 Å². The summed E-state index contributed by atoms with van der Waals surface area (Å²) in [5, 5.41) is 0. The molecule has 3 aromatic rings. The van der Waals surface area contributed by atoms with E-state index in [1.165, 1.54) is 16.8 Å². The normalized spacial score (nSPS) is 16.0. The third-order valence-corrected chi connectivity index (χ3v) is 5.11. The van der Waals surface area contributed by atoms with E-state index in [4.69, 9.17) is 10.7 Å². The molecule has 1 aliphatic carbocycles. The fraction of sp³-hybridized carbons (Fsp3) is 0.273. The van der Waals surface area contributed by atoms with Gasteiger partial charge in [-0.1, -0.05) is 36.4 Å². The summed E-state index contributed by atoms with van der Waals surface area (Å²) in [5.74, 6) is 0. The average molecular weight is 344 g/mol. The van der Waals surface area contributed by atoms with Crippen molar-refractivity contribution in [1.82, 2.24) is 14.9 Å². The Bertz CT molecular complexity index is 846. The van der Waals surface area contributed by atoms with Gasteiger partial charge >= 0.3 is 0 Å². The van der Waals surface area contributed by atoms with Gasteiger partial charge in [0.1, 0.15) is 0 Å². The summed E-state index contributed by atoms with van der Waals surface area (Å²) in [7, 11) is 0. The van der Waals surface area contributed by atoms with E-state index in [0.29, 0.717) is 12.6 Å². The number of benzene rings is 1. The van der Waals surface area contributed by atoms with Crippen LogP contribution in [-0.2, 0) is 26.1 Å². The lowest BCUT2D eigenvalue weighted by molar-refractivity contribution is 0.173. The maximum Gasteiger partial charge on any atom is 0.0607 e. The Morgan fingerprint density at radius 2 is 1.69 bits per heavy atom. The molecule has 1 atom stereocenters. The molecule has 4 heteroatoms. The van der Waals surface area contributed by atoms with Gasteiger partial charge in [-0.2, -0.15) is 0 Å². The third kappa shape index (κ3) is 3.66. The van der Waals surface area contributed by atoms with Crippen LogP contribution >= 0.6 is 0 Å². The highest BCUT2D eigenvalue weighted by atomic mass is 15.2. The molecular formula is C22H24N4. The second-order valence-corrected chi connectivity index (χ2v) is 6.85. The number of rotatable bonds is 6. The molecule has 4 nitrogen and oxygen atoms in total. The first kappa shape index (κ1) is 16.9. The van der Waals surface area contributed by atoms with Gasteiger partial charge in [0.15, 0.2) is 0 Å². The first-order valence-electron chi connectivity index (χ1n) is 9.19. The summed E-state index contributed by atoms with van der Waals surface area (Å²) >= 11 is 0. The van der Waals surface area contributed by atoms with E-state index in [1.807, 2.05) is 24.5 Å². The number of hydrogen-bond acceptors (Lipinski definition) is 4. The summed E-state index contributed by atoms with van der Waals surface area (Å²) < 4.78 is 0. The quantitative estimate of drug-likeness (QED) is 0.742. The van der Waals surface area contributed by atoms with E-state index in [9.17, 15) is 0 Å². The molecule has 4 rings (SSSR count). The molecule has 2 heterocycles. The monoisotopic (exact) mass is 344 g/mol. The van der Waals surface area contributed by atoms with Crippen LogP contribution in [0.1, 0.15) is 40.5 Å². The van der Waals surface area contributed by atoms with Crippen molar-refractivity contribution < 1.29 is 0 Å². The van der Waals surface area contributed by atoms with Crippen LogP contribution in [0.25, 0.3) is 0 Å². The molecule has 1 unspecified atom stereocenters. The topological polar surface area (TPSA) is 55.0 Å². The predicted octanol–water partition coefficient (Wildman–Crippen LogP) is 3.63. The van der Waals surface area contributed by atoms with Gasteiger partial charge in [-0.25, -0.2) is 0 Å². The molecule has 0 bridgehead atoms. The SMILES string of the molecule is NCc1ccc(CN(Cc2ccccn2)C2CCc3cccnc32)cc1. The van der Waals surface area contributed by atoms with Gasteiger partial charge in [0, 0.05) is 32.0 Å². The van der Waals surface area contributed by atoms with E-state index in [-0.39, 0.29) is 0 Å². The van der Waals surface area contributed by atoms with Crippen LogP contribution in [0.4, 0.5) is 0 Å². The van der Waals surface area contributed by atoms with E-state index in [2.05, 4.69) is 52.3 Å². The first-order chi connectivity index (χ1) is 12.8. The van der Waals surface area contributed by atoms with Crippen LogP contribution in [0.5, 0.6) is 0 Å². The van der Waals surface area contributed by atoms with Gasteiger partial charge in [-0.15, -0.1) is 0 Å².